The zero-order valence-corrected chi connectivity index (χ0v) is 17.4. The van der Waals surface area contributed by atoms with Gasteiger partial charge in [0.25, 0.3) is 5.60 Å². The van der Waals surface area contributed by atoms with E-state index < -0.39 is 24.2 Å². The lowest BCUT2D eigenvalue weighted by atomic mass is 9.87. The summed E-state index contributed by atoms with van der Waals surface area (Å²) < 4.78 is 51.7. The highest BCUT2D eigenvalue weighted by Gasteiger charge is 2.63. The lowest BCUT2D eigenvalue weighted by Gasteiger charge is -2.30. The number of carbonyl (C=O) groups is 1. The molecule has 0 amide bonds. The summed E-state index contributed by atoms with van der Waals surface area (Å²) in [6.45, 7) is 0. The first-order valence-electron chi connectivity index (χ1n) is 8.38. The van der Waals surface area contributed by atoms with Crippen LogP contribution < -0.4 is 4.72 Å². The van der Waals surface area contributed by atoms with Gasteiger partial charge < -0.3 is 14.3 Å². The third-order valence-corrected chi connectivity index (χ3v) is 5.91. The number of ether oxygens (including phenoxy) is 1. The van der Waals surface area contributed by atoms with Crippen molar-refractivity contribution in [2.24, 2.45) is 5.16 Å². The molecule has 3 aliphatic rings. The molecule has 0 bridgehead atoms. The molecule has 30 heavy (non-hydrogen) atoms. The van der Waals surface area contributed by atoms with Crippen LogP contribution in [-0.4, -0.2) is 29.3 Å². The predicted molar refractivity (Wildman–Crippen MR) is 106 cm³/mol. The Morgan fingerprint density at radius 1 is 1.27 bits per heavy atom. The molecule has 4 rings (SSSR count). The Morgan fingerprint density at radius 3 is 2.60 bits per heavy atom. The topological polar surface area (TPSA) is 63.2 Å². The molecule has 0 saturated heterocycles. The van der Waals surface area contributed by atoms with Crippen LogP contribution in [0.25, 0.3) is 0 Å². The summed E-state index contributed by atoms with van der Waals surface area (Å²) in [4.78, 5) is 17.0. The predicted octanol–water partition coefficient (Wildman–Crippen LogP) is 4.83. The summed E-state index contributed by atoms with van der Waals surface area (Å²) in [6, 6.07) is 3.64. The van der Waals surface area contributed by atoms with Gasteiger partial charge in [-0.05, 0) is 30.4 Å². The van der Waals surface area contributed by atoms with E-state index >= 15 is 0 Å². The Labute approximate surface area is 183 Å². The molecule has 3 heterocycles. The first-order chi connectivity index (χ1) is 14.2. The molecule has 0 saturated carbocycles. The van der Waals surface area contributed by atoms with Gasteiger partial charge in [0.2, 0.25) is 0 Å². The number of halogens is 5. The van der Waals surface area contributed by atoms with Crippen LogP contribution in [0.4, 0.5) is 13.2 Å². The molecule has 0 aliphatic carbocycles. The molecule has 1 unspecified atom stereocenters. The van der Waals surface area contributed by atoms with E-state index in [0.29, 0.717) is 11.4 Å². The molecule has 1 atom stereocenters. The number of oxime groups is 1. The summed E-state index contributed by atoms with van der Waals surface area (Å²) in [5, 5.41) is 3.85. The van der Waals surface area contributed by atoms with Crippen molar-refractivity contribution in [3.05, 3.63) is 69.1 Å². The average molecular weight is 478 g/mol. The Bertz CT molecular complexity index is 1030. The summed E-state index contributed by atoms with van der Waals surface area (Å²) in [6.07, 6.45) is -0.911. The van der Waals surface area contributed by atoms with Crippen LogP contribution in [0.15, 0.2) is 58.7 Å². The first-order valence-corrected chi connectivity index (χ1v) is 9.91. The fraction of sp³-hybridized carbons (Fsp3) is 0.222. The minimum absolute atomic E-state index is 0.0465. The summed E-state index contributed by atoms with van der Waals surface area (Å²) in [5.41, 5.74) is -1.93. The molecule has 0 radical (unpaired) electrons. The molecule has 0 aromatic heterocycles. The molecule has 12 heteroatoms. The summed E-state index contributed by atoms with van der Waals surface area (Å²) >= 11 is 12.9. The van der Waals surface area contributed by atoms with E-state index in [-0.39, 0.29) is 26.9 Å². The maximum atomic E-state index is 14.2. The lowest BCUT2D eigenvalue weighted by Crippen LogP contribution is -2.43. The van der Waals surface area contributed by atoms with Crippen LogP contribution in [-0.2, 0) is 20.0 Å². The van der Waals surface area contributed by atoms with E-state index in [2.05, 4.69) is 9.88 Å². The Balaban J connectivity index is 1.73. The third-order valence-electron chi connectivity index (χ3n) is 4.68. The number of allylic oxidation sites excluding steroid dienone is 3. The van der Waals surface area contributed by atoms with Crippen LogP contribution in [0.2, 0.25) is 10.0 Å². The minimum atomic E-state index is -4.80. The molecule has 6 nitrogen and oxygen atoms in total. The molecule has 3 aliphatic heterocycles. The number of esters is 1. The molecule has 158 valence electrons. The zero-order chi connectivity index (χ0) is 21.7. The van der Waals surface area contributed by atoms with Crippen molar-refractivity contribution in [3.63, 3.8) is 0 Å². The van der Waals surface area contributed by atoms with Gasteiger partial charge in [0, 0.05) is 21.8 Å². The lowest BCUT2D eigenvalue weighted by molar-refractivity contribution is -0.275. The van der Waals surface area contributed by atoms with E-state index in [0.717, 1.165) is 24.3 Å². The SMILES string of the molecule is COC(=O)C1=CC=C(C2=NOC(c3cc(Cl)cc(Cl)c3)(C(F)(F)F)C2)N2SNC=C12. The number of alkyl halides is 3. The monoisotopic (exact) mass is 477 g/mol. The second-order valence-corrected chi connectivity index (χ2v) is 8.10. The van der Waals surface area contributed by atoms with E-state index in [1.807, 2.05) is 0 Å². The highest BCUT2D eigenvalue weighted by molar-refractivity contribution is 7.95. The number of hydrogen-bond acceptors (Lipinski definition) is 7. The molecule has 0 fully saturated rings. The number of rotatable bonds is 3. The number of benzene rings is 1. The number of nitrogens with zero attached hydrogens (tertiary/aromatic N) is 2. The molecular formula is C18H12Cl2F3N3O3S. The highest BCUT2D eigenvalue weighted by atomic mass is 35.5. The van der Waals surface area contributed by atoms with Crippen LogP contribution in [0.1, 0.15) is 12.0 Å². The quantitative estimate of drug-likeness (QED) is 0.496. The molecule has 0 spiro atoms. The number of fused-ring (bicyclic) bond motifs is 1. The van der Waals surface area contributed by atoms with Crippen molar-refractivity contribution < 1.29 is 27.5 Å². The Kier molecular flexibility index (Phi) is 5.19. The normalized spacial score (nSPS) is 22.9. The molecule has 1 aromatic carbocycles. The maximum absolute atomic E-state index is 14.2. The summed E-state index contributed by atoms with van der Waals surface area (Å²) in [7, 11) is 1.24. The van der Waals surface area contributed by atoms with Crippen molar-refractivity contribution >= 4 is 47.0 Å². The van der Waals surface area contributed by atoms with E-state index in [1.165, 1.54) is 25.3 Å². The van der Waals surface area contributed by atoms with E-state index in [1.54, 1.807) is 10.5 Å². The van der Waals surface area contributed by atoms with Gasteiger partial charge >= 0.3 is 12.1 Å². The zero-order valence-electron chi connectivity index (χ0n) is 15.1. The van der Waals surface area contributed by atoms with E-state index in [4.69, 9.17) is 32.8 Å². The van der Waals surface area contributed by atoms with Gasteiger partial charge in [-0.3, -0.25) is 4.31 Å². The minimum Gasteiger partial charge on any atom is -0.465 e. The van der Waals surface area contributed by atoms with Crippen LogP contribution in [0.5, 0.6) is 0 Å². The van der Waals surface area contributed by atoms with Crippen molar-refractivity contribution in [2.45, 2.75) is 18.2 Å². The Morgan fingerprint density at radius 2 is 1.97 bits per heavy atom. The number of hydrogen-bond donors (Lipinski definition) is 1. The maximum Gasteiger partial charge on any atom is 0.435 e. The van der Waals surface area contributed by atoms with Gasteiger partial charge in [-0.15, -0.1) is 0 Å². The van der Waals surface area contributed by atoms with Crippen molar-refractivity contribution in [1.29, 1.82) is 0 Å². The first kappa shape index (κ1) is 21.0. The number of nitrogens with one attached hydrogen (secondary N) is 1. The largest absolute Gasteiger partial charge is 0.465 e. The highest BCUT2D eigenvalue weighted by Crippen LogP contribution is 2.51. The second kappa shape index (κ2) is 7.44. The van der Waals surface area contributed by atoms with Gasteiger partial charge in [-0.1, -0.05) is 28.4 Å². The van der Waals surface area contributed by atoms with Gasteiger partial charge in [-0.25, -0.2) is 4.79 Å². The number of methoxy groups -OCH3 is 1. The molecule has 1 aromatic rings. The second-order valence-electron chi connectivity index (χ2n) is 6.45. The fourth-order valence-electron chi connectivity index (χ4n) is 3.25. The van der Waals surface area contributed by atoms with Gasteiger partial charge in [-0.2, -0.15) is 13.2 Å². The standard InChI is InChI=1S/C18H12Cl2F3N3O3S/c1-28-16(27)12-2-3-14(26-15(12)8-24-30-26)13-7-17(29-25-13,18(21,22)23)9-4-10(19)6-11(20)5-9/h2-6,8,24H,7H2,1H3. The third kappa shape index (κ3) is 3.32. The van der Waals surface area contributed by atoms with Crippen molar-refractivity contribution in [1.82, 2.24) is 9.03 Å². The van der Waals surface area contributed by atoms with Crippen molar-refractivity contribution in [2.75, 3.05) is 7.11 Å². The van der Waals surface area contributed by atoms with Gasteiger partial charge in [0.15, 0.2) is 0 Å². The van der Waals surface area contributed by atoms with E-state index in [9.17, 15) is 18.0 Å². The number of carbonyl (C=O) groups excluding carboxylic acids is 1. The fourth-order valence-corrected chi connectivity index (χ4v) is 4.56. The molecule has 1 N–H and O–H groups in total. The Hall–Kier alpha value is -2.30. The van der Waals surface area contributed by atoms with Crippen molar-refractivity contribution in [3.8, 4) is 0 Å². The van der Waals surface area contributed by atoms with Crippen LogP contribution in [0.3, 0.4) is 0 Å². The smallest absolute Gasteiger partial charge is 0.435 e. The average Bonchev–Trinajstić information content (AvgIpc) is 3.33. The van der Waals surface area contributed by atoms with Crippen LogP contribution in [0, 0.1) is 0 Å². The van der Waals surface area contributed by atoms with Gasteiger partial charge in [0.05, 0.1) is 42.6 Å². The molecular weight excluding hydrogens is 466 g/mol. The summed E-state index contributed by atoms with van der Waals surface area (Å²) in [5.74, 6) is -0.575. The van der Waals surface area contributed by atoms with Gasteiger partial charge in [0.1, 0.15) is 5.71 Å². The van der Waals surface area contributed by atoms with Crippen LogP contribution >= 0.6 is 35.3 Å².